The molecule has 194 valence electrons. The van der Waals surface area contributed by atoms with Gasteiger partial charge in [0.1, 0.15) is 5.37 Å². The zero-order chi connectivity index (χ0) is 26.3. The van der Waals surface area contributed by atoms with E-state index in [-0.39, 0.29) is 10.9 Å². The van der Waals surface area contributed by atoms with E-state index in [9.17, 15) is 0 Å². The molecule has 36 heavy (non-hydrogen) atoms. The number of unbranched alkanes of at least 4 members (excludes halogenated alkanes) is 1. The van der Waals surface area contributed by atoms with Crippen LogP contribution >= 0.6 is 23.7 Å². The maximum atomic E-state index is 4.00. The Hall–Kier alpha value is -2.12. The summed E-state index contributed by atoms with van der Waals surface area (Å²) in [7, 11) is 4.36. The molecule has 0 spiro atoms. The number of thioether (sulfide) groups is 1. The zero-order valence-corrected chi connectivity index (χ0v) is 24.4. The number of nitrogens with zero attached hydrogens (tertiary/aromatic N) is 2. The first-order valence-corrected chi connectivity index (χ1v) is 14.2. The van der Waals surface area contributed by atoms with Crippen LogP contribution in [0.3, 0.4) is 0 Å². The Balaban J connectivity index is 1.73. The highest BCUT2D eigenvalue weighted by molar-refractivity contribution is 8.08. The van der Waals surface area contributed by atoms with Crippen molar-refractivity contribution in [3.05, 3.63) is 90.3 Å². The second kappa shape index (κ2) is 12.9. The lowest BCUT2D eigenvalue weighted by Gasteiger charge is -2.22. The quantitative estimate of drug-likeness (QED) is 0.166. The monoisotopic (exact) mass is 522 g/mol. The molecule has 0 aliphatic carbocycles. The number of allylic oxidation sites excluding steroid dienone is 2. The summed E-state index contributed by atoms with van der Waals surface area (Å²) in [6, 6.07) is 15.7. The van der Waals surface area contributed by atoms with E-state index >= 15 is 0 Å². The topological polar surface area (TPSA) is 30.5 Å². The molecule has 0 radical (unpaired) electrons. The minimum atomic E-state index is 0.0116. The molecule has 0 fully saturated rings. The van der Waals surface area contributed by atoms with Crippen LogP contribution in [0, 0.1) is 0 Å². The minimum absolute atomic E-state index is 0.0116. The largest absolute Gasteiger partial charge is 0.363 e. The molecule has 1 aliphatic rings. The number of nitrogens with one attached hydrogen (secondary N) is 2. The number of rotatable bonds is 12. The molecule has 3 rings (SSSR count). The molecule has 0 saturated heterocycles. The Morgan fingerprint density at radius 3 is 2.56 bits per heavy atom. The Bertz CT molecular complexity index is 1070. The first-order chi connectivity index (χ1) is 17.1. The van der Waals surface area contributed by atoms with Crippen molar-refractivity contribution >= 4 is 34.3 Å². The van der Waals surface area contributed by atoms with Gasteiger partial charge in [-0.05, 0) is 89.3 Å². The normalized spacial score (nSPS) is 15.8. The molecule has 0 aromatic heterocycles. The van der Waals surface area contributed by atoms with Crippen LogP contribution in [-0.2, 0) is 6.54 Å². The van der Waals surface area contributed by atoms with E-state index in [4.69, 9.17) is 0 Å². The van der Waals surface area contributed by atoms with Crippen LogP contribution in [0.2, 0.25) is 0 Å². The van der Waals surface area contributed by atoms with Crippen molar-refractivity contribution in [2.75, 3.05) is 26.0 Å². The van der Waals surface area contributed by atoms with Crippen molar-refractivity contribution in [3.63, 3.8) is 0 Å². The van der Waals surface area contributed by atoms with Crippen LogP contribution in [0.4, 0.5) is 5.69 Å². The molecule has 1 atom stereocenters. The lowest BCUT2D eigenvalue weighted by atomic mass is 10.1. The fraction of sp³-hybridized carbons (Fsp3) is 0.400. The number of benzene rings is 2. The molecular formula is C30H42N4S2. The molecule has 1 unspecified atom stereocenters. The summed E-state index contributed by atoms with van der Waals surface area (Å²) < 4.78 is 3.58. The summed E-state index contributed by atoms with van der Waals surface area (Å²) in [5, 5.41) is 3.62. The van der Waals surface area contributed by atoms with Gasteiger partial charge in [0, 0.05) is 52.1 Å². The summed E-state index contributed by atoms with van der Waals surface area (Å²) in [4.78, 5) is 7.20. The molecule has 0 amide bonds. The van der Waals surface area contributed by atoms with Crippen molar-refractivity contribution in [1.82, 2.24) is 14.5 Å². The van der Waals surface area contributed by atoms with Crippen molar-refractivity contribution in [1.29, 1.82) is 0 Å². The molecule has 6 heteroatoms. The SMILES string of the molecule is C=CCCCN(C)Cc1ccc(C2SC(c3ccc(NC(=C)C)cc3SNC(C)(C)C)=CN2C)cc1. The van der Waals surface area contributed by atoms with Gasteiger partial charge in [0.05, 0.1) is 0 Å². The summed E-state index contributed by atoms with van der Waals surface area (Å²) in [5.41, 5.74) is 5.94. The van der Waals surface area contributed by atoms with E-state index in [0.29, 0.717) is 0 Å². The van der Waals surface area contributed by atoms with Crippen molar-refractivity contribution < 1.29 is 0 Å². The highest BCUT2D eigenvalue weighted by atomic mass is 32.2. The third-order valence-corrected chi connectivity index (χ3v) is 8.35. The molecular weight excluding hydrogens is 480 g/mol. The first-order valence-electron chi connectivity index (χ1n) is 12.6. The van der Waals surface area contributed by atoms with Gasteiger partial charge in [0.15, 0.2) is 0 Å². The Kier molecular flexibility index (Phi) is 10.2. The van der Waals surface area contributed by atoms with E-state index in [2.05, 4.69) is 117 Å². The smallest absolute Gasteiger partial charge is 0.104 e. The van der Waals surface area contributed by atoms with Crippen molar-refractivity contribution in [3.8, 4) is 0 Å². The Labute approximate surface area is 227 Å². The van der Waals surface area contributed by atoms with E-state index in [1.165, 1.54) is 26.5 Å². The fourth-order valence-corrected chi connectivity index (χ4v) is 6.20. The molecule has 0 bridgehead atoms. The van der Waals surface area contributed by atoms with Crippen molar-refractivity contribution in [2.45, 2.75) is 62.9 Å². The van der Waals surface area contributed by atoms with E-state index in [1.807, 2.05) is 24.8 Å². The third-order valence-electron chi connectivity index (χ3n) is 5.67. The zero-order valence-electron chi connectivity index (χ0n) is 22.7. The Morgan fingerprint density at radius 2 is 1.92 bits per heavy atom. The predicted molar refractivity (Wildman–Crippen MR) is 162 cm³/mol. The van der Waals surface area contributed by atoms with Gasteiger partial charge in [-0.25, -0.2) is 0 Å². The van der Waals surface area contributed by atoms with Gasteiger partial charge < -0.3 is 15.1 Å². The highest BCUT2D eigenvalue weighted by Crippen LogP contribution is 2.49. The van der Waals surface area contributed by atoms with E-state index in [0.717, 1.165) is 37.3 Å². The maximum absolute atomic E-state index is 4.00. The van der Waals surface area contributed by atoms with Gasteiger partial charge >= 0.3 is 0 Å². The molecule has 2 aromatic carbocycles. The molecule has 4 nitrogen and oxygen atoms in total. The summed E-state index contributed by atoms with van der Waals surface area (Å²) in [6.07, 6.45) is 6.51. The second-order valence-corrected chi connectivity index (χ2v) is 12.6. The summed E-state index contributed by atoms with van der Waals surface area (Å²) in [5.74, 6) is 0. The lowest BCUT2D eigenvalue weighted by Crippen LogP contribution is -2.29. The van der Waals surface area contributed by atoms with Gasteiger partial charge in [0.25, 0.3) is 0 Å². The molecule has 1 heterocycles. The van der Waals surface area contributed by atoms with Crippen molar-refractivity contribution in [2.24, 2.45) is 0 Å². The second-order valence-electron chi connectivity index (χ2n) is 10.6. The third kappa shape index (κ3) is 8.48. The number of hydrogen-bond donors (Lipinski definition) is 2. The fourth-order valence-electron chi connectivity index (χ4n) is 3.95. The minimum Gasteiger partial charge on any atom is -0.363 e. The molecule has 2 N–H and O–H groups in total. The summed E-state index contributed by atoms with van der Waals surface area (Å²) >= 11 is 3.61. The average Bonchev–Trinajstić information content (AvgIpc) is 3.19. The number of anilines is 1. The average molecular weight is 523 g/mol. The predicted octanol–water partition coefficient (Wildman–Crippen LogP) is 8.10. The van der Waals surface area contributed by atoms with E-state index < -0.39 is 0 Å². The van der Waals surface area contributed by atoms with Crippen LogP contribution < -0.4 is 10.0 Å². The highest BCUT2D eigenvalue weighted by Gasteiger charge is 2.27. The molecule has 0 saturated carbocycles. The van der Waals surface area contributed by atoms with Gasteiger partial charge in [0.2, 0.25) is 0 Å². The molecule has 2 aromatic rings. The van der Waals surface area contributed by atoms with Crippen LogP contribution in [0.1, 0.15) is 62.6 Å². The van der Waals surface area contributed by atoms with Crippen LogP contribution in [0.5, 0.6) is 0 Å². The van der Waals surface area contributed by atoms with Gasteiger partial charge in [-0.1, -0.05) is 54.7 Å². The Morgan fingerprint density at radius 1 is 1.19 bits per heavy atom. The van der Waals surface area contributed by atoms with E-state index in [1.54, 1.807) is 11.9 Å². The van der Waals surface area contributed by atoms with Crippen LogP contribution in [0.15, 0.2) is 78.5 Å². The van der Waals surface area contributed by atoms with Gasteiger partial charge in [-0.2, -0.15) is 0 Å². The number of hydrogen-bond acceptors (Lipinski definition) is 6. The molecule has 1 aliphatic heterocycles. The maximum Gasteiger partial charge on any atom is 0.104 e. The standard InChI is InChI=1S/C30H42N4S2/c1-9-10-11-18-33(7)20-23-12-14-24(15-13-23)29-34(8)21-28(35-29)26-17-16-25(31-22(2)3)19-27(26)36-32-30(4,5)6/h9,12-17,19,21,29,31-32H,1-2,10-11,18,20H2,3-8H3. The van der Waals surface area contributed by atoms with Gasteiger partial charge in [-0.3, -0.25) is 4.72 Å². The van der Waals surface area contributed by atoms with Crippen LogP contribution in [-0.4, -0.2) is 36.0 Å². The van der Waals surface area contributed by atoms with Crippen LogP contribution in [0.25, 0.3) is 4.91 Å². The lowest BCUT2D eigenvalue weighted by molar-refractivity contribution is 0.323. The summed E-state index contributed by atoms with van der Waals surface area (Å²) in [6.45, 7) is 18.4. The first kappa shape index (κ1) is 28.5. The van der Waals surface area contributed by atoms with Gasteiger partial charge in [-0.15, -0.1) is 6.58 Å².